The van der Waals surface area contributed by atoms with Gasteiger partial charge < -0.3 is 26.2 Å². The highest BCUT2D eigenvalue weighted by molar-refractivity contribution is 6.25. The third kappa shape index (κ3) is 3.16. The minimum atomic E-state index is -2.69. The molecule has 1 aromatic carbocycles. The smallest absolute Gasteiger partial charge is 0.255 e. The molecule has 0 aromatic heterocycles. The van der Waals surface area contributed by atoms with Gasteiger partial charge in [0.1, 0.15) is 22.8 Å². The van der Waals surface area contributed by atoms with Crippen LogP contribution in [0.5, 0.6) is 5.75 Å². The highest BCUT2D eigenvalue weighted by Gasteiger charge is 2.63. The van der Waals surface area contributed by atoms with Crippen LogP contribution in [0, 0.1) is 11.8 Å². The Morgan fingerprint density at radius 2 is 1.83 bits per heavy atom. The molecule has 4 atom stereocenters. The zero-order valence-electron chi connectivity index (χ0n) is 19.9. The highest BCUT2D eigenvalue weighted by atomic mass is 16.3. The van der Waals surface area contributed by atoms with Crippen molar-refractivity contribution in [2.45, 2.75) is 44.8 Å². The number of rotatable bonds is 4. The molecule has 0 saturated carbocycles. The fourth-order valence-electron chi connectivity index (χ4n) is 5.98. The van der Waals surface area contributed by atoms with Crippen molar-refractivity contribution in [3.63, 3.8) is 0 Å². The number of carbonyl (C=O) groups excluding carboxylic acids is 4. The van der Waals surface area contributed by atoms with E-state index in [0.717, 1.165) is 0 Å². The van der Waals surface area contributed by atoms with Crippen molar-refractivity contribution >= 4 is 23.3 Å². The highest BCUT2D eigenvalue weighted by Crippen LogP contribution is 2.52. The first-order valence-corrected chi connectivity index (χ1v) is 11.3. The molecule has 10 nitrogen and oxygen atoms in total. The topological polar surface area (TPSA) is 178 Å². The molecule has 186 valence electrons. The Balaban J connectivity index is 2.00. The molecule has 0 spiro atoms. The van der Waals surface area contributed by atoms with Gasteiger partial charge in [-0.2, -0.15) is 0 Å². The summed E-state index contributed by atoms with van der Waals surface area (Å²) in [6.45, 7) is 3.10. The Kier molecular flexibility index (Phi) is 5.65. The van der Waals surface area contributed by atoms with Gasteiger partial charge in [0.15, 0.2) is 17.2 Å². The summed E-state index contributed by atoms with van der Waals surface area (Å²) in [5, 5.41) is 44.4. The summed E-state index contributed by atoms with van der Waals surface area (Å²) < 4.78 is 0. The van der Waals surface area contributed by atoms with Crippen molar-refractivity contribution in [2.75, 3.05) is 14.1 Å². The Hall–Kier alpha value is -3.50. The summed E-state index contributed by atoms with van der Waals surface area (Å²) in [6, 6.07) is 0.511. The van der Waals surface area contributed by atoms with Crippen molar-refractivity contribution in [1.29, 1.82) is 0 Å². The van der Waals surface area contributed by atoms with Crippen LogP contribution in [-0.2, 0) is 22.4 Å². The second-order valence-corrected chi connectivity index (χ2v) is 9.66. The Bertz CT molecular complexity index is 1270. The number of phenols is 1. The lowest BCUT2D eigenvalue weighted by atomic mass is 9.58. The summed E-state index contributed by atoms with van der Waals surface area (Å²) in [5.41, 5.74) is 2.58. The summed E-state index contributed by atoms with van der Waals surface area (Å²) in [6.07, 6.45) is 0.694. The van der Waals surface area contributed by atoms with Gasteiger partial charge in [-0.05, 0) is 63.4 Å². The van der Waals surface area contributed by atoms with E-state index < -0.39 is 69.6 Å². The van der Waals surface area contributed by atoms with Crippen LogP contribution in [0.3, 0.4) is 0 Å². The number of hydrogen-bond acceptors (Lipinski definition) is 9. The zero-order valence-corrected chi connectivity index (χ0v) is 19.9. The summed E-state index contributed by atoms with van der Waals surface area (Å²) in [4.78, 5) is 52.5. The predicted molar refractivity (Wildman–Crippen MR) is 123 cm³/mol. The number of allylic oxidation sites excluding steroid dienone is 1. The van der Waals surface area contributed by atoms with Crippen molar-refractivity contribution in [3.8, 4) is 5.75 Å². The first-order chi connectivity index (χ1) is 16.3. The van der Waals surface area contributed by atoms with Crippen molar-refractivity contribution in [3.05, 3.63) is 51.0 Å². The number of nitrogens with two attached hydrogens (primary N) is 1. The van der Waals surface area contributed by atoms with Gasteiger partial charge >= 0.3 is 0 Å². The zero-order chi connectivity index (χ0) is 26.1. The molecule has 35 heavy (non-hydrogen) atoms. The number of ketones is 3. The molecule has 0 aliphatic heterocycles. The van der Waals surface area contributed by atoms with E-state index in [2.05, 4.69) is 0 Å². The number of Topliss-reactive ketones (excluding diaryl/α,β-unsaturated/α-hetero) is 3. The monoisotopic (exact) mass is 484 g/mol. The molecule has 0 bridgehead atoms. The lowest BCUT2D eigenvalue weighted by Crippen LogP contribution is -2.63. The van der Waals surface area contributed by atoms with Gasteiger partial charge in [-0.3, -0.25) is 24.1 Å². The molecular formula is C25H28N2O8. The number of amides is 1. The van der Waals surface area contributed by atoms with Crippen LogP contribution >= 0.6 is 0 Å². The van der Waals surface area contributed by atoms with Gasteiger partial charge in [-0.15, -0.1) is 0 Å². The van der Waals surface area contributed by atoms with Gasteiger partial charge in [0.05, 0.1) is 17.2 Å². The number of hydrogen-bond donors (Lipinski definition) is 5. The van der Waals surface area contributed by atoms with Crippen LogP contribution in [-0.4, -0.2) is 74.3 Å². The average Bonchev–Trinajstić information content (AvgIpc) is 2.75. The summed E-state index contributed by atoms with van der Waals surface area (Å²) >= 11 is 0. The number of aliphatic hydroxyl groups excluding tert-OH is 2. The Morgan fingerprint density at radius 3 is 2.34 bits per heavy atom. The number of aliphatic hydroxyl groups is 3. The number of carbonyl (C=O) groups is 4. The molecule has 0 fully saturated rings. The number of primary amides is 1. The van der Waals surface area contributed by atoms with Gasteiger partial charge in [-0.1, -0.05) is 6.92 Å². The molecular weight excluding hydrogens is 456 g/mol. The largest absolute Gasteiger partial charge is 0.510 e. The van der Waals surface area contributed by atoms with Crippen LogP contribution in [0.15, 0.2) is 28.7 Å². The lowest BCUT2D eigenvalue weighted by molar-refractivity contribution is -0.148. The predicted octanol–water partition coefficient (Wildman–Crippen LogP) is 0.886. The quantitative estimate of drug-likeness (QED) is 0.306. The number of nitrogens with zero attached hydrogens (tertiary/aromatic N) is 1. The number of aromatic hydroxyl groups is 1. The van der Waals surface area contributed by atoms with E-state index in [1.165, 1.54) is 11.8 Å². The molecule has 1 aromatic rings. The second-order valence-electron chi connectivity index (χ2n) is 9.66. The molecule has 0 radical (unpaired) electrons. The average molecular weight is 485 g/mol. The van der Waals surface area contributed by atoms with Crippen molar-refractivity contribution in [2.24, 2.45) is 17.6 Å². The van der Waals surface area contributed by atoms with Crippen molar-refractivity contribution < 1.29 is 39.6 Å². The number of fused-ring (bicyclic) bond motifs is 3. The second kappa shape index (κ2) is 8.03. The van der Waals surface area contributed by atoms with E-state index in [1.54, 1.807) is 20.2 Å². The third-order valence-corrected chi connectivity index (χ3v) is 7.58. The van der Waals surface area contributed by atoms with Crippen LogP contribution in [0.4, 0.5) is 0 Å². The van der Waals surface area contributed by atoms with Gasteiger partial charge in [-0.25, -0.2) is 0 Å². The molecule has 4 rings (SSSR count). The molecule has 1 amide bonds. The number of benzene rings is 1. The van der Waals surface area contributed by atoms with Crippen LogP contribution in [0.2, 0.25) is 0 Å². The van der Waals surface area contributed by atoms with E-state index in [-0.39, 0.29) is 29.5 Å². The van der Waals surface area contributed by atoms with Crippen molar-refractivity contribution in [1.82, 2.24) is 4.90 Å². The van der Waals surface area contributed by atoms with Gasteiger partial charge in [0.25, 0.3) is 5.91 Å². The molecule has 0 unspecified atom stereocenters. The fourth-order valence-corrected chi connectivity index (χ4v) is 5.98. The maximum absolute atomic E-state index is 13.7. The summed E-state index contributed by atoms with van der Waals surface area (Å²) in [5.74, 6) is -7.59. The summed E-state index contributed by atoms with van der Waals surface area (Å²) in [7, 11) is 3.15. The van der Waals surface area contributed by atoms with Crippen LogP contribution in [0.25, 0.3) is 0 Å². The van der Waals surface area contributed by atoms with Gasteiger partial charge in [0.2, 0.25) is 5.78 Å². The maximum atomic E-state index is 13.7. The minimum Gasteiger partial charge on any atom is -0.510 e. The first-order valence-electron chi connectivity index (χ1n) is 11.3. The molecule has 6 N–H and O–H groups in total. The maximum Gasteiger partial charge on any atom is 0.255 e. The molecule has 3 aliphatic rings. The van der Waals surface area contributed by atoms with Gasteiger partial charge in [0, 0.05) is 11.5 Å². The number of aryl methyl sites for hydroxylation is 1. The van der Waals surface area contributed by atoms with Crippen LogP contribution < -0.4 is 5.73 Å². The number of likely N-dealkylation sites (N-methyl/N-ethyl adjacent to an activating group) is 1. The number of phenolic OH excluding ortho intramolecular Hbond substituents is 1. The minimum absolute atomic E-state index is 0.0180. The molecule has 3 aliphatic carbocycles. The van der Waals surface area contributed by atoms with Crippen LogP contribution in [0.1, 0.15) is 52.1 Å². The van der Waals surface area contributed by atoms with E-state index in [0.29, 0.717) is 17.5 Å². The molecule has 0 saturated heterocycles. The molecule has 0 heterocycles. The van der Waals surface area contributed by atoms with E-state index in [9.17, 15) is 39.6 Å². The molecule has 10 heteroatoms. The standard InChI is InChI=1S/C25H28N2O8/c1-5-10-6-12(9(2)28)19(29)16-13(10)7-11-8-14-18(27(3)4)21(31)17(24(26)34)23(33)25(14,35)22(32)15(11)20(16)30/h6,11,14,18,29,31-32,35H,5,7-8H2,1-4H3,(H2,26,34)/t11-,14-,18-,25+/m1/s1. The van der Waals surface area contributed by atoms with E-state index in [4.69, 9.17) is 5.73 Å². The lowest BCUT2D eigenvalue weighted by Gasteiger charge is -2.50. The normalized spacial score (nSPS) is 28.1. The first kappa shape index (κ1) is 24.6. The SMILES string of the molecule is CCc1cc(C(C)=O)c(O)c2c1C[C@@H]1C[C@@H]3[C@@H](N(C)C)C(O)=C(C(N)=O)C(=O)[C@@]3(O)C(O)=C1C2=O. The van der Waals surface area contributed by atoms with E-state index in [1.807, 2.05) is 6.92 Å². The fraction of sp³-hybridized carbons (Fsp3) is 0.440. The Morgan fingerprint density at radius 1 is 1.20 bits per heavy atom. The third-order valence-electron chi connectivity index (χ3n) is 7.58. The Labute approximate surface area is 201 Å². The van der Waals surface area contributed by atoms with E-state index >= 15 is 0 Å².